The first-order valence-electron chi connectivity index (χ1n) is 7.47. The van der Waals surface area contributed by atoms with Gasteiger partial charge in [-0.25, -0.2) is 9.97 Å². The number of nitrogens with zero attached hydrogens (tertiary/aromatic N) is 2. The molecule has 1 aliphatic rings. The number of nitrogens with one attached hydrogen (secondary N) is 1. The van der Waals surface area contributed by atoms with Gasteiger partial charge in [-0.1, -0.05) is 19.9 Å². The number of halogens is 3. The molecule has 1 aromatic heterocycles. The number of ketones is 1. The summed E-state index contributed by atoms with van der Waals surface area (Å²) in [6.07, 6.45) is -1.92. The molecule has 0 unspecified atom stereocenters. The Bertz CT molecular complexity index is 800. The Hall–Kier alpha value is -2.44. The number of aromatic nitrogens is 2. The maximum absolute atomic E-state index is 12.8. The molecule has 0 amide bonds. The van der Waals surface area contributed by atoms with Gasteiger partial charge in [-0.3, -0.25) is 4.79 Å². The van der Waals surface area contributed by atoms with E-state index in [1.54, 1.807) is 0 Å². The molecule has 24 heavy (non-hydrogen) atoms. The van der Waals surface area contributed by atoms with Gasteiger partial charge < -0.3 is 5.32 Å². The highest BCUT2D eigenvalue weighted by molar-refractivity contribution is 5.98. The minimum Gasteiger partial charge on any atom is -0.324 e. The van der Waals surface area contributed by atoms with Gasteiger partial charge in [-0.05, 0) is 30.0 Å². The average molecular weight is 335 g/mol. The van der Waals surface area contributed by atoms with Crippen molar-refractivity contribution in [1.82, 2.24) is 9.97 Å². The number of hydrogen-bond acceptors (Lipinski definition) is 4. The molecular weight excluding hydrogens is 319 g/mol. The van der Waals surface area contributed by atoms with Crippen LogP contribution >= 0.6 is 0 Å². The van der Waals surface area contributed by atoms with Gasteiger partial charge in [0.2, 0.25) is 5.95 Å². The van der Waals surface area contributed by atoms with Crippen molar-refractivity contribution in [2.24, 2.45) is 5.41 Å². The molecule has 1 aliphatic carbocycles. The second kappa shape index (κ2) is 5.58. The molecule has 0 spiro atoms. The predicted molar refractivity (Wildman–Crippen MR) is 83.2 cm³/mol. The van der Waals surface area contributed by atoms with Crippen LogP contribution in [0, 0.1) is 5.41 Å². The molecule has 4 nitrogen and oxygen atoms in total. The molecule has 3 rings (SSSR count). The van der Waals surface area contributed by atoms with E-state index < -0.39 is 11.7 Å². The summed E-state index contributed by atoms with van der Waals surface area (Å²) in [6.45, 7) is 3.96. The van der Waals surface area contributed by atoms with Crippen LogP contribution in [0.25, 0.3) is 0 Å². The lowest BCUT2D eigenvalue weighted by molar-refractivity contribution is -0.137. The first-order valence-corrected chi connectivity index (χ1v) is 7.47. The van der Waals surface area contributed by atoms with Crippen LogP contribution in [0.15, 0.2) is 30.5 Å². The number of rotatable bonds is 2. The molecule has 7 heteroatoms. The Balaban J connectivity index is 1.89. The van der Waals surface area contributed by atoms with Gasteiger partial charge in [0.25, 0.3) is 0 Å². The summed E-state index contributed by atoms with van der Waals surface area (Å²) in [4.78, 5) is 20.5. The van der Waals surface area contributed by atoms with Crippen molar-refractivity contribution in [2.75, 3.05) is 5.32 Å². The second-order valence-corrected chi connectivity index (χ2v) is 6.70. The lowest BCUT2D eigenvalue weighted by atomic mass is 9.76. The zero-order chi connectivity index (χ0) is 17.5. The van der Waals surface area contributed by atoms with Crippen LogP contribution in [0.3, 0.4) is 0 Å². The predicted octanol–water partition coefficient (Wildman–Crippen LogP) is 4.39. The fourth-order valence-electron chi connectivity index (χ4n) is 2.79. The third-order valence-electron chi connectivity index (χ3n) is 3.90. The normalized spacial score (nSPS) is 16.6. The second-order valence-electron chi connectivity index (χ2n) is 6.70. The lowest BCUT2D eigenvalue weighted by Crippen LogP contribution is -2.28. The number of carbonyl (C=O) groups excluding carboxylic acids is 1. The fraction of sp³-hybridized carbons (Fsp3) is 0.353. The van der Waals surface area contributed by atoms with Crippen LogP contribution in [-0.4, -0.2) is 15.8 Å². The number of fused-ring (bicyclic) bond motifs is 1. The molecule has 0 atom stereocenters. The summed E-state index contributed by atoms with van der Waals surface area (Å²) >= 11 is 0. The summed E-state index contributed by atoms with van der Waals surface area (Å²) in [5, 5.41) is 2.78. The maximum atomic E-state index is 12.8. The number of carbonyl (C=O) groups is 1. The van der Waals surface area contributed by atoms with Crippen molar-refractivity contribution in [3.63, 3.8) is 0 Å². The summed E-state index contributed by atoms with van der Waals surface area (Å²) in [6, 6.07) is 4.82. The topological polar surface area (TPSA) is 54.9 Å². The molecule has 0 fully saturated rings. The Morgan fingerprint density at radius 2 is 1.96 bits per heavy atom. The van der Waals surface area contributed by atoms with E-state index in [1.165, 1.54) is 18.3 Å². The molecule has 2 aromatic rings. The van der Waals surface area contributed by atoms with Crippen molar-refractivity contribution in [3.05, 3.63) is 47.3 Å². The SMILES string of the molecule is CC1(C)CC(=O)c2cnc(Nc3cccc(C(F)(F)F)c3)nc2C1. The third kappa shape index (κ3) is 3.39. The summed E-state index contributed by atoms with van der Waals surface area (Å²) < 4.78 is 38.3. The van der Waals surface area contributed by atoms with Gasteiger partial charge in [0, 0.05) is 18.3 Å². The van der Waals surface area contributed by atoms with E-state index in [0.29, 0.717) is 24.1 Å². The molecule has 1 heterocycles. The number of anilines is 2. The van der Waals surface area contributed by atoms with Crippen LogP contribution < -0.4 is 5.32 Å². The van der Waals surface area contributed by atoms with Crippen LogP contribution in [0.4, 0.5) is 24.8 Å². The molecule has 0 saturated carbocycles. The fourth-order valence-corrected chi connectivity index (χ4v) is 2.79. The Morgan fingerprint density at radius 3 is 2.67 bits per heavy atom. The monoisotopic (exact) mass is 335 g/mol. The van der Waals surface area contributed by atoms with Gasteiger partial charge >= 0.3 is 6.18 Å². The highest BCUT2D eigenvalue weighted by Crippen LogP contribution is 2.34. The van der Waals surface area contributed by atoms with Crippen LogP contribution in [0.2, 0.25) is 0 Å². The van der Waals surface area contributed by atoms with E-state index in [4.69, 9.17) is 0 Å². The van der Waals surface area contributed by atoms with E-state index in [0.717, 1.165) is 12.1 Å². The molecule has 1 N–H and O–H groups in total. The quantitative estimate of drug-likeness (QED) is 0.884. The van der Waals surface area contributed by atoms with E-state index in [1.807, 2.05) is 13.8 Å². The van der Waals surface area contributed by atoms with Crippen molar-refractivity contribution in [1.29, 1.82) is 0 Å². The molecule has 126 valence electrons. The zero-order valence-corrected chi connectivity index (χ0v) is 13.2. The summed E-state index contributed by atoms with van der Waals surface area (Å²) in [7, 11) is 0. The lowest BCUT2D eigenvalue weighted by Gasteiger charge is -2.29. The first-order chi connectivity index (χ1) is 11.1. The first kappa shape index (κ1) is 16.4. The van der Waals surface area contributed by atoms with Crippen LogP contribution in [0.1, 0.15) is 41.9 Å². The van der Waals surface area contributed by atoms with Gasteiger partial charge in [-0.2, -0.15) is 13.2 Å². The van der Waals surface area contributed by atoms with Crippen molar-refractivity contribution >= 4 is 17.4 Å². The van der Waals surface area contributed by atoms with Crippen molar-refractivity contribution in [3.8, 4) is 0 Å². The highest BCUT2D eigenvalue weighted by atomic mass is 19.4. The molecule has 0 saturated heterocycles. The number of hydrogen-bond donors (Lipinski definition) is 1. The third-order valence-corrected chi connectivity index (χ3v) is 3.90. The standard InChI is InChI=1S/C17H16F3N3O/c1-16(2)7-13-12(14(24)8-16)9-21-15(23-13)22-11-5-3-4-10(6-11)17(18,19)20/h3-6,9H,7-8H2,1-2H3,(H,21,22,23). The zero-order valence-electron chi connectivity index (χ0n) is 13.2. The Labute approximate surface area is 137 Å². The summed E-state index contributed by atoms with van der Waals surface area (Å²) in [5.74, 6) is 0.172. The molecule has 0 aliphatic heterocycles. The molecular formula is C17H16F3N3O. The van der Waals surface area contributed by atoms with E-state index in [9.17, 15) is 18.0 Å². The average Bonchev–Trinajstić information content (AvgIpc) is 2.45. The number of Topliss-reactive ketones (excluding diaryl/α,β-unsaturated/α-hetero) is 1. The smallest absolute Gasteiger partial charge is 0.324 e. The largest absolute Gasteiger partial charge is 0.416 e. The van der Waals surface area contributed by atoms with E-state index >= 15 is 0 Å². The molecule has 0 bridgehead atoms. The summed E-state index contributed by atoms with van der Waals surface area (Å²) in [5.41, 5.74) is 0.420. The van der Waals surface area contributed by atoms with Crippen molar-refractivity contribution < 1.29 is 18.0 Å². The van der Waals surface area contributed by atoms with E-state index in [-0.39, 0.29) is 22.8 Å². The molecule has 0 radical (unpaired) electrons. The van der Waals surface area contributed by atoms with Gasteiger partial charge in [0.05, 0.1) is 16.8 Å². The van der Waals surface area contributed by atoms with Gasteiger partial charge in [0.1, 0.15) is 0 Å². The van der Waals surface area contributed by atoms with Gasteiger partial charge in [-0.15, -0.1) is 0 Å². The Kier molecular flexibility index (Phi) is 3.81. The minimum atomic E-state index is -4.41. The van der Waals surface area contributed by atoms with Gasteiger partial charge in [0.15, 0.2) is 5.78 Å². The molecule has 1 aromatic carbocycles. The highest BCUT2D eigenvalue weighted by Gasteiger charge is 2.33. The maximum Gasteiger partial charge on any atom is 0.416 e. The van der Waals surface area contributed by atoms with Crippen molar-refractivity contribution in [2.45, 2.75) is 32.9 Å². The van der Waals surface area contributed by atoms with Crippen LogP contribution in [0.5, 0.6) is 0 Å². The van der Waals surface area contributed by atoms with Crippen LogP contribution in [-0.2, 0) is 12.6 Å². The Morgan fingerprint density at radius 1 is 1.21 bits per heavy atom. The number of alkyl halides is 3. The van der Waals surface area contributed by atoms with E-state index in [2.05, 4.69) is 15.3 Å². The number of benzene rings is 1. The minimum absolute atomic E-state index is 0.00753.